The summed E-state index contributed by atoms with van der Waals surface area (Å²) in [6, 6.07) is 9.65. The van der Waals surface area contributed by atoms with Gasteiger partial charge in [0.05, 0.1) is 7.11 Å². The highest BCUT2D eigenvalue weighted by Gasteiger charge is 2.41. The van der Waals surface area contributed by atoms with Gasteiger partial charge in [-0.2, -0.15) is 0 Å². The van der Waals surface area contributed by atoms with Gasteiger partial charge in [-0.25, -0.2) is 4.79 Å². The van der Waals surface area contributed by atoms with Gasteiger partial charge in [0.1, 0.15) is 0 Å². The van der Waals surface area contributed by atoms with Crippen molar-refractivity contribution in [1.29, 1.82) is 0 Å². The summed E-state index contributed by atoms with van der Waals surface area (Å²) in [5.74, 6) is -0.364. The number of esters is 1. The Morgan fingerprint density at radius 3 is 2.55 bits per heavy atom. The zero-order chi connectivity index (χ0) is 15.0. The van der Waals surface area contributed by atoms with Crippen LogP contribution < -0.4 is 0 Å². The summed E-state index contributed by atoms with van der Waals surface area (Å²) in [6.45, 7) is 3.89. The van der Waals surface area contributed by atoms with Crippen molar-refractivity contribution >= 4 is 23.8 Å². The number of rotatable bonds is 6. The van der Waals surface area contributed by atoms with Crippen LogP contribution in [0.25, 0.3) is 0 Å². The molecule has 1 rings (SSSR count). The number of nitrogens with zero attached hydrogens (tertiary/aromatic N) is 1. The second kappa shape index (κ2) is 7.85. The van der Waals surface area contributed by atoms with Crippen LogP contribution in [0.4, 0.5) is 0 Å². The molecule has 0 radical (unpaired) electrons. The largest absolute Gasteiger partial charge is 0.467 e. The lowest BCUT2D eigenvalue weighted by Gasteiger charge is -2.29. The number of hydrogen-bond acceptors (Lipinski definition) is 3. The second-order valence-corrected chi connectivity index (χ2v) is 5.06. The molecule has 0 saturated heterocycles. The third kappa shape index (κ3) is 3.94. The maximum Gasteiger partial charge on any atom is 0.334 e. The third-order valence-corrected chi connectivity index (χ3v) is 3.43. The number of benzene rings is 1. The van der Waals surface area contributed by atoms with Crippen molar-refractivity contribution in [3.63, 3.8) is 0 Å². The molecule has 0 spiro atoms. The molecular formula is C16H20ClNO2. The number of methoxy groups -OCH3 is 1. The predicted molar refractivity (Wildman–Crippen MR) is 83.2 cm³/mol. The number of carbonyl (C=O) groups is 1. The number of hydrogen-bond donors (Lipinski definition) is 0. The van der Waals surface area contributed by atoms with E-state index in [1.165, 1.54) is 12.6 Å². The van der Waals surface area contributed by atoms with E-state index in [1.807, 2.05) is 44.2 Å². The van der Waals surface area contributed by atoms with Crippen LogP contribution in [0.2, 0.25) is 0 Å². The highest BCUT2D eigenvalue weighted by atomic mass is 35.5. The Labute approximate surface area is 125 Å². The highest BCUT2D eigenvalue weighted by molar-refractivity contribution is 6.25. The minimum Gasteiger partial charge on any atom is -0.467 e. The summed E-state index contributed by atoms with van der Waals surface area (Å²) in [5, 5.41) is 0. The molecule has 0 aromatic heterocycles. The maximum atomic E-state index is 12.2. The number of halogens is 1. The van der Waals surface area contributed by atoms with E-state index in [-0.39, 0.29) is 11.9 Å². The molecule has 1 unspecified atom stereocenters. The lowest BCUT2D eigenvalue weighted by Crippen LogP contribution is -2.42. The molecule has 0 heterocycles. The zero-order valence-electron chi connectivity index (χ0n) is 12.0. The topological polar surface area (TPSA) is 38.7 Å². The molecule has 0 saturated carbocycles. The van der Waals surface area contributed by atoms with Gasteiger partial charge in [0.25, 0.3) is 0 Å². The van der Waals surface area contributed by atoms with Gasteiger partial charge in [0.15, 0.2) is 5.54 Å². The van der Waals surface area contributed by atoms with Crippen LogP contribution in [0.15, 0.2) is 46.9 Å². The molecule has 0 N–H and O–H groups in total. The van der Waals surface area contributed by atoms with Crippen LogP contribution >= 0.6 is 11.6 Å². The summed E-state index contributed by atoms with van der Waals surface area (Å²) in [5.41, 5.74) is 1.39. The van der Waals surface area contributed by atoms with E-state index >= 15 is 0 Å². The van der Waals surface area contributed by atoms with Gasteiger partial charge in [-0.05, 0) is 11.5 Å². The molecule has 108 valence electrons. The maximum absolute atomic E-state index is 12.2. The van der Waals surface area contributed by atoms with E-state index < -0.39 is 5.54 Å². The minimum absolute atomic E-state index is 0.0113. The summed E-state index contributed by atoms with van der Waals surface area (Å²) in [7, 11) is 1.38. The summed E-state index contributed by atoms with van der Waals surface area (Å²) in [4.78, 5) is 16.7. The number of ether oxygens (including phenoxy) is 1. The van der Waals surface area contributed by atoms with Crippen molar-refractivity contribution in [3.05, 3.63) is 47.5 Å². The summed E-state index contributed by atoms with van der Waals surface area (Å²) < 4.78 is 4.93. The fourth-order valence-corrected chi connectivity index (χ4v) is 2.03. The SMILES string of the molecule is COC(=O)C(C/C=C/Cl)(N=Cc1ccccc1)C(C)C. The average molecular weight is 294 g/mol. The molecule has 0 bridgehead atoms. The van der Waals surface area contributed by atoms with Crippen molar-refractivity contribution in [3.8, 4) is 0 Å². The molecule has 0 amide bonds. The first kappa shape index (κ1) is 16.4. The first-order valence-corrected chi connectivity index (χ1v) is 6.94. The average Bonchev–Trinajstić information content (AvgIpc) is 2.47. The smallest absolute Gasteiger partial charge is 0.334 e. The molecule has 0 aliphatic rings. The van der Waals surface area contributed by atoms with Crippen LogP contribution in [0.5, 0.6) is 0 Å². The standard InChI is InChI=1S/C16H20ClNO2/c1-13(2)16(10-7-11-17,15(19)20-3)18-12-14-8-5-4-6-9-14/h4-9,11-13H,10H2,1-3H3/b11-7+,18-12?. The summed E-state index contributed by atoms with van der Waals surface area (Å²) in [6.07, 6.45) is 3.84. The Morgan fingerprint density at radius 1 is 1.40 bits per heavy atom. The van der Waals surface area contributed by atoms with E-state index in [0.29, 0.717) is 6.42 Å². The fourth-order valence-electron chi connectivity index (χ4n) is 1.94. The van der Waals surface area contributed by atoms with Crippen LogP contribution in [0.3, 0.4) is 0 Å². The van der Waals surface area contributed by atoms with Crippen LogP contribution in [0, 0.1) is 5.92 Å². The molecule has 1 aromatic rings. The Kier molecular flexibility index (Phi) is 6.46. The Bertz CT molecular complexity index is 483. The Morgan fingerprint density at radius 2 is 2.05 bits per heavy atom. The molecule has 0 aliphatic heterocycles. The molecule has 0 aliphatic carbocycles. The number of aliphatic imine (C=N–C) groups is 1. The number of carbonyl (C=O) groups excluding carboxylic acids is 1. The monoisotopic (exact) mass is 293 g/mol. The zero-order valence-corrected chi connectivity index (χ0v) is 12.8. The quantitative estimate of drug-likeness (QED) is 0.591. The van der Waals surface area contributed by atoms with Crippen LogP contribution in [-0.2, 0) is 9.53 Å². The Balaban J connectivity index is 3.14. The van der Waals surface area contributed by atoms with Crippen molar-refractivity contribution < 1.29 is 9.53 Å². The van der Waals surface area contributed by atoms with E-state index in [0.717, 1.165) is 5.56 Å². The van der Waals surface area contributed by atoms with Crippen molar-refractivity contribution in [2.24, 2.45) is 10.9 Å². The van der Waals surface area contributed by atoms with Gasteiger partial charge in [0.2, 0.25) is 0 Å². The van der Waals surface area contributed by atoms with Gasteiger partial charge in [0, 0.05) is 18.2 Å². The van der Waals surface area contributed by atoms with E-state index in [4.69, 9.17) is 16.3 Å². The van der Waals surface area contributed by atoms with Crippen molar-refractivity contribution in [2.75, 3.05) is 7.11 Å². The molecule has 0 fully saturated rings. The van der Waals surface area contributed by atoms with Crippen LogP contribution in [0.1, 0.15) is 25.8 Å². The van der Waals surface area contributed by atoms with Gasteiger partial charge in [-0.15, -0.1) is 0 Å². The lowest BCUT2D eigenvalue weighted by atomic mass is 9.83. The molecule has 1 atom stereocenters. The molecule has 3 nitrogen and oxygen atoms in total. The minimum atomic E-state index is -0.948. The van der Waals surface area contributed by atoms with E-state index in [1.54, 1.807) is 12.3 Å². The van der Waals surface area contributed by atoms with Gasteiger partial charge >= 0.3 is 5.97 Å². The molecular weight excluding hydrogens is 274 g/mol. The normalized spacial score (nSPS) is 14.8. The highest BCUT2D eigenvalue weighted by Crippen LogP contribution is 2.28. The van der Waals surface area contributed by atoms with Gasteiger partial charge in [-0.1, -0.05) is 61.9 Å². The van der Waals surface area contributed by atoms with Crippen molar-refractivity contribution in [2.45, 2.75) is 25.8 Å². The lowest BCUT2D eigenvalue weighted by molar-refractivity contribution is -0.148. The van der Waals surface area contributed by atoms with E-state index in [9.17, 15) is 4.79 Å². The van der Waals surface area contributed by atoms with Gasteiger partial charge < -0.3 is 4.74 Å². The molecule has 1 aromatic carbocycles. The van der Waals surface area contributed by atoms with Gasteiger partial charge in [-0.3, -0.25) is 4.99 Å². The van der Waals surface area contributed by atoms with Crippen molar-refractivity contribution in [1.82, 2.24) is 0 Å². The second-order valence-electron chi connectivity index (χ2n) is 4.81. The van der Waals surface area contributed by atoms with E-state index in [2.05, 4.69) is 4.99 Å². The first-order valence-electron chi connectivity index (χ1n) is 6.50. The molecule has 20 heavy (non-hydrogen) atoms. The Hall–Kier alpha value is -1.61. The predicted octanol–water partition coefficient (Wildman–Crippen LogP) is 3.82. The first-order chi connectivity index (χ1) is 9.56. The fraction of sp³-hybridized carbons (Fsp3) is 0.375. The van der Waals surface area contributed by atoms with Crippen LogP contribution in [-0.4, -0.2) is 24.8 Å². The summed E-state index contributed by atoms with van der Waals surface area (Å²) >= 11 is 5.59. The third-order valence-electron chi connectivity index (χ3n) is 3.26. The molecule has 4 heteroatoms.